The molecule has 1 fully saturated rings. The number of carbonyl (C=O) groups excluding carboxylic acids is 1. The maximum Gasteiger partial charge on any atom is 0.269 e. The first-order valence-electron chi connectivity index (χ1n) is 10.1. The summed E-state index contributed by atoms with van der Waals surface area (Å²) >= 11 is 0. The minimum absolute atomic E-state index is 0. The normalized spacial score (nSPS) is 16.0. The van der Waals surface area contributed by atoms with Crippen molar-refractivity contribution in [2.75, 3.05) is 39.8 Å². The van der Waals surface area contributed by atoms with Crippen LogP contribution < -0.4 is 5.32 Å². The van der Waals surface area contributed by atoms with Crippen LogP contribution in [0.2, 0.25) is 0 Å². The van der Waals surface area contributed by atoms with Gasteiger partial charge in [0.1, 0.15) is 0 Å². The van der Waals surface area contributed by atoms with Gasteiger partial charge in [0.25, 0.3) is 5.69 Å². The number of benzene rings is 1. The van der Waals surface area contributed by atoms with Gasteiger partial charge in [-0.1, -0.05) is 12.1 Å². The third-order valence-corrected chi connectivity index (χ3v) is 4.92. The molecule has 0 saturated carbocycles. The first-order valence-corrected chi connectivity index (χ1v) is 10.1. The van der Waals surface area contributed by atoms with Crippen molar-refractivity contribution in [2.24, 2.45) is 4.99 Å². The third kappa shape index (κ3) is 8.05. The molecule has 2 rings (SSSR count). The molecule has 0 bridgehead atoms. The van der Waals surface area contributed by atoms with E-state index >= 15 is 0 Å². The summed E-state index contributed by atoms with van der Waals surface area (Å²) in [6, 6.07) is 6.33. The number of likely N-dealkylation sites (N-methyl/N-ethyl adjacent to an activating group) is 2. The molecule has 0 radical (unpaired) electrons. The molecule has 1 heterocycles. The van der Waals surface area contributed by atoms with Crippen LogP contribution in [-0.2, 0) is 16.1 Å². The van der Waals surface area contributed by atoms with E-state index in [1.54, 1.807) is 21.9 Å². The second kappa shape index (κ2) is 13.4. The number of aliphatic imine (C=N–C) groups is 1. The van der Waals surface area contributed by atoms with Gasteiger partial charge >= 0.3 is 0 Å². The molecule has 0 aromatic heterocycles. The molecule has 1 unspecified atom stereocenters. The molecule has 30 heavy (non-hydrogen) atoms. The van der Waals surface area contributed by atoms with E-state index in [0.717, 1.165) is 25.0 Å². The average Bonchev–Trinajstić information content (AvgIpc) is 3.22. The number of ether oxygens (including phenoxy) is 1. The van der Waals surface area contributed by atoms with Gasteiger partial charge in [-0.25, -0.2) is 4.99 Å². The second-order valence-electron chi connectivity index (χ2n) is 7.00. The summed E-state index contributed by atoms with van der Waals surface area (Å²) < 4.78 is 5.66. The summed E-state index contributed by atoms with van der Waals surface area (Å²) in [5, 5.41) is 14.1. The maximum absolute atomic E-state index is 12.5. The fraction of sp³-hybridized carbons (Fsp3) is 0.600. The Bertz CT molecular complexity index is 704. The van der Waals surface area contributed by atoms with Gasteiger partial charge in [-0.2, -0.15) is 0 Å². The maximum atomic E-state index is 12.5. The summed E-state index contributed by atoms with van der Waals surface area (Å²) in [5.74, 6) is 0.652. The van der Waals surface area contributed by atoms with Gasteiger partial charge < -0.3 is 19.9 Å². The lowest BCUT2D eigenvalue weighted by Gasteiger charge is -2.26. The lowest BCUT2D eigenvalue weighted by atomic mass is 10.2. The molecule has 1 aromatic carbocycles. The van der Waals surface area contributed by atoms with E-state index in [2.05, 4.69) is 10.3 Å². The molecule has 1 aromatic rings. The van der Waals surface area contributed by atoms with Crippen molar-refractivity contribution in [3.8, 4) is 0 Å². The first-order chi connectivity index (χ1) is 13.9. The van der Waals surface area contributed by atoms with Crippen molar-refractivity contribution in [1.82, 2.24) is 15.1 Å². The van der Waals surface area contributed by atoms with Crippen LogP contribution in [0.15, 0.2) is 29.3 Å². The highest BCUT2D eigenvalue weighted by Gasteiger charge is 2.19. The molecule has 1 aliphatic rings. The number of guanidine groups is 1. The SMILES string of the molecule is CCN(CC)C(=O)CN(C)C(=NCc1ccc([N+](=O)[O-])cc1)NCC1CCCO1.I. The Balaban J connectivity index is 0.00000450. The molecule has 1 aliphatic heterocycles. The van der Waals surface area contributed by atoms with Crippen molar-refractivity contribution in [1.29, 1.82) is 0 Å². The topological polar surface area (TPSA) is 100 Å². The smallest absolute Gasteiger partial charge is 0.269 e. The van der Waals surface area contributed by atoms with Gasteiger partial charge in [-0.05, 0) is 32.3 Å². The molecule has 1 saturated heterocycles. The summed E-state index contributed by atoms with van der Waals surface area (Å²) in [5.41, 5.74) is 0.909. The van der Waals surface area contributed by atoms with Crippen LogP contribution in [0.1, 0.15) is 32.3 Å². The summed E-state index contributed by atoms with van der Waals surface area (Å²) in [6.07, 6.45) is 2.20. The Kier molecular flexibility index (Phi) is 11.6. The number of halogens is 1. The molecule has 0 aliphatic carbocycles. The number of carbonyl (C=O) groups is 1. The van der Waals surface area contributed by atoms with Crippen molar-refractivity contribution in [3.05, 3.63) is 39.9 Å². The minimum atomic E-state index is -0.422. The van der Waals surface area contributed by atoms with Gasteiger partial charge in [-0.3, -0.25) is 14.9 Å². The van der Waals surface area contributed by atoms with E-state index < -0.39 is 4.92 Å². The fourth-order valence-corrected chi connectivity index (χ4v) is 3.17. The summed E-state index contributed by atoms with van der Waals surface area (Å²) in [7, 11) is 1.83. The number of rotatable bonds is 9. The van der Waals surface area contributed by atoms with E-state index in [1.165, 1.54) is 12.1 Å². The number of amides is 1. The van der Waals surface area contributed by atoms with E-state index in [4.69, 9.17) is 4.74 Å². The van der Waals surface area contributed by atoms with Gasteiger partial charge in [0.05, 0.1) is 24.1 Å². The minimum Gasteiger partial charge on any atom is -0.376 e. The average molecular weight is 533 g/mol. The zero-order chi connectivity index (χ0) is 21.2. The Hall–Kier alpha value is -1.95. The molecular formula is C20H32IN5O4. The monoisotopic (exact) mass is 533 g/mol. The number of nitrogens with one attached hydrogen (secondary N) is 1. The summed E-state index contributed by atoms with van der Waals surface area (Å²) in [6.45, 7) is 7.24. The van der Waals surface area contributed by atoms with Crippen LogP contribution in [0.4, 0.5) is 5.69 Å². The van der Waals surface area contributed by atoms with Crippen LogP contribution in [0.25, 0.3) is 0 Å². The predicted octanol–water partition coefficient (Wildman–Crippen LogP) is 2.64. The van der Waals surface area contributed by atoms with Crippen LogP contribution in [-0.4, -0.2) is 72.5 Å². The number of nitro groups is 1. The molecule has 1 N–H and O–H groups in total. The molecule has 168 valence electrons. The lowest BCUT2D eigenvalue weighted by molar-refractivity contribution is -0.384. The highest BCUT2D eigenvalue weighted by atomic mass is 127. The van der Waals surface area contributed by atoms with Gasteiger partial charge in [0.15, 0.2) is 5.96 Å². The Morgan fingerprint density at radius 3 is 2.50 bits per heavy atom. The third-order valence-electron chi connectivity index (χ3n) is 4.92. The number of nitrogens with zero attached hydrogens (tertiary/aromatic N) is 4. The van der Waals surface area contributed by atoms with E-state index in [-0.39, 0.29) is 48.2 Å². The zero-order valence-corrected chi connectivity index (χ0v) is 20.2. The standard InChI is InChI=1S/C20H31N5O4.HI/c1-4-24(5-2)19(26)15-23(3)20(22-14-18-7-6-12-29-18)21-13-16-8-10-17(11-9-16)25(27)28;/h8-11,18H,4-7,12-15H2,1-3H3,(H,21,22);1H. The molecule has 9 nitrogen and oxygen atoms in total. The van der Waals surface area contributed by atoms with Crippen LogP contribution >= 0.6 is 24.0 Å². The van der Waals surface area contributed by atoms with Gasteiger partial charge in [0, 0.05) is 45.4 Å². The number of non-ortho nitro benzene ring substituents is 1. The van der Waals surface area contributed by atoms with Crippen LogP contribution in [0, 0.1) is 10.1 Å². The zero-order valence-electron chi connectivity index (χ0n) is 17.9. The molecular weight excluding hydrogens is 501 g/mol. The highest BCUT2D eigenvalue weighted by Crippen LogP contribution is 2.13. The molecule has 1 amide bonds. The quantitative estimate of drug-likeness (QED) is 0.172. The number of hydrogen-bond acceptors (Lipinski definition) is 5. The van der Waals surface area contributed by atoms with E-state index in [1.807, 2.05) is 20.9 Å². The van der Waals surface area contributed by atoms with E-state index in [0.29, 0.717) is 32.1 Å². The Morgan fingerprint density at radius 2 is 1.97 bits per heavy atom. The lowest BCUT2D eigenvalue weighted by Crippen LogP contribution is -2.47. The van der Waals surface area contributed by atoms with Gasteiger partial charge in [0.2, 0.25) is 5.91 Å². The number of nitro benzene ring substituents is 1. The van der Waals surface area contributed by atoms with Crippen molar-refractivity contribution in [2.45, 2.75) is 39.3 Å². The number of hydrogen-bond donors (Lipinski definition) is 1. The van der Waals surface area contributed by atoms with Crippen molar-refractivity contribution in [3.63, 3.8) is 0 Å². The molecule has 1 atom stereocenters. The Labute approximate surface area is 195 Å². The fourth-order valence-electron chi connectivity index (χ4n) is 3.17. The second-order valence-corrected chi connectivity index (χ2v) is 7.00. The first kappa shape index (κ1) is 26.1. The van der Waals surface area contributed by atoms with Crippen molar-refractivity contribution >= 4 is 41.5 Å². The largest absolute Gasteiger partial charge is 0.376 e. The van der Waals surface area contributed by atoms with Crippen LogP contribution in [0.5, 0.6) is 0 Å². The van der Waals surface area contributed by atoms with E-state index in [9.17, 15) is 14.9 Å². The van der Waals surface area contributed by atoms with Crippen molar-refractivity contribution < 1.29 is 14.5 Å². The highest BCUT2D eigenvalue weighted by molar-refractivity contribution is 14.0. The predicted molar refractivity (Wildman–Crippen MR) is 127 cm³/mol. The van der Waals surface area contributed by atoms with Crippen LogP contribution in [0.3, 0.4) is 0 Å². The molecule has 10 heteroatoms. The summed E-state index contributed by atoms with van der Waals surface area (Å²) in [4.78, 5) is 31.1. The Morgan fingerprint density at radius 1 is 1.30 bits per heavy atom. The van der Waals surface area contributed by atoms with Gasteiger partial charge in [-0.15, -0.1) is 24.0 Å². The molecule has 0 spiro atoms.